The molecule has 4 aromatic rings. The van der Waals surface area contributed by atoms with E-state index in [2.05, 4.69) is 5.32 Å². The van der Waals surface area contributed by atoms with Gasteiger partial charge >= 0.3 is 11.0 Å². The van der Waals surface area contributed by atoms with Crippen LogP contribution in [0.15, 0.2) is 82.6 Å². The Bertz CT molecular complexity index is 1930. The molecule has 0 spiro atoms. The van der Waals surface area contributed by atoms with Gasteiger partial charge in [0.05, 0.1) is 27.1 Å². The first-order valence-corrected chi connectivity index (χ1v) is 15.2. The van der Waals surface area contributed by atoms with Gasteiger partial charge in [0, 0.05) is 33.6 Å². The molecular weight excluding hydrogens is 657 g/mol. The van der Waals surface area contributed by atoms with Crippen LogP contribution in [0.4, 0.5) is 30.2 Å². The lowest BCUT2D eigenvalue weighted by atomic mass is 9.83. The molecule has 0 saturated carbocycles. The molecule has 2 aliphatic rings. The number of non-ortho nitro benzene ring substituents is 1. The summed E-state index contributed by atoms with van der Waals surface area (Å²) >= 11 is 7.85. The van der Waals surface area contributed by atoms with Crippen LogP contribution in [0.25, 0.3) is 0 Å². The molecule has 0 unspecified atom stereocenters. The molecule has 3 amide bonds. The van der Waals surface area contributed by atoms with E-state index in [1.807, 2.05) is 0 Å². The van der Waals surface area contributed by atoms with Crippen molar-refractivity contribution in [2.75, 3.05) is 10.2 Å². The Balaban J connectivity index is 1.37. The number of thiazole rings is 1. The Morgan fingerprint density at radius 1 is 1.00 bits per heavy atom. The van der Waals surface area contributed by atoms with Crippen LogP contribution in [-0.2, 0) is 27.1 Å². The molecule has 2 aliphatic heterocycles. The van der Waals surface area contributed by atoms with Gasteiger partial charge in [0.1, 0.15) is 11.8 Å². The molecular formula is C29H18ClF3N4O6S2. The number of nitrogens with one attached hydrogen (secondary N) is 1. The highest BCUT2D eigenvalue weighted by Gasteiger charge is 2.56. The lowest BCUT2D eigenvalue weighted by molar-refractivity contribution is -0.384. The van der Waals surface area contributed by atoms with Crippen LogP contribution < -0.4 is 15.1 Å². The normalized spacial score (nSPS) is 19.3. The standard InChI is InChI=1S/C29H18ClF3N4O6S2/c30-16-6-4-14(5-7-16)21-22-23(26(40)36(25(22)39)18-8-10-19(11-9-18)37(42)43)44-27-24(21)45-28(41)35(27)13-20(38)34-17-3-1-2-15(12-17)29(31,32)33/h1-12,21-23H,13H2,(H,34,38)/t21-,22-,23+/m0/s1. The zero-order valence-electron chi connectivity index (χ0n) is 22.5. The molecule has 3 atom stereocenters. The average Bonchev–Trinajstić information content (AvgIpc) is 3.43. The van der Waals surface area contributed by atoms with Crippen molar-refractivity contribution in [2.45, 2.75) is 28.9 Å². The zero-order chi connectivity index (χ0) is 32.2. The number of nitro benzene ring substituents is 1. The third-order valence-corrected chi connectivity index (χ3v) is 10.2. The summed E-state index contributed by atoms with van der Waals surface area (Å²) in [5, 5.41) is 13.2. The van der Waals surface area contributed by atoms with Crippen LogP contribution in [0.1, 0.15) is 21.9 Å². The molecule has 16 heteroatoms. The topological polar surface area (TPSA) is 132 Å². The fourth-order valence-electron chi connectivity index (χ4n) is 5.38. The number of thioether (sulfide) groups is 1. The van der Waals surface area contributed by atoms with E-state index in [0.29, 0.717) is 15.5 Å². The lowest BCUT2D eigenvalue weighted by Crippen LogP contribution is -2.33. The van der Waals surface area contributed by atoms with Crippen LogP contribution in [-0.4, -0.2) is 32.5 Å². The van der Waals surface area contributed by atoms with Crippen molar-refractivity contribution >= 4 is 69.5 Å². The summed E-state index contributed by atoms with van der Waals surface area (Å²) in [4.78, 5) is 65.3. The van der Waals surface area contributed by atoms with Crippen molar-refractivity contribution in [3.63, 3.8) is 0 Å². The van der Waals surface area contributed by atoms with Crippen LogP contribution in [0.5, 0.6) is 0 Å². The van der Waals surface area contributed by atoms with Crippen molar-refractivity contribution in [3.05, 3.63) is 114 Å². The van der Waals surface area contributed by atoms with Gasteiger partial charge in [0.15, 0.2) is 0 Å². The highest BCUT2D eigenvalue weighted by Crippen LogP contribution is 2.54. The molecule has 0 aliphatic carbocycles. The Morgan fingerprint density at radius 2 is 1.69 bits per heavy atom. The third kappa shape index (κ3) is 5.62. The fourth-order valence-corrected chi connectivity index (χ4v) is 8.28. The van der Waals surface area contributed by atoms with E-state index < -0.39 is 62.9 Å². The number of rotatable bonds is 6. The Morgan fingerprint density at radius 3 is 2.33 bits per heavy atom. The number of imide groups is 1. The number of aromatic nitrogens is 1. The molecule has 1 fully saturated rings. The van der Waals surface area contributed by atoms with Gasteiger partial charge in [-0.25, -0.2) is 4.90 Å². The number of fused-ring (bicyclic) bond motifs is 2. The Kier molecular flexibility index (Phi) is 7.79. The van der Waals surface area contributed by atoms with Crippen LogP contribution in [0.3, 0.4) is 0 Å². The number of carbonyl (C=O) groups is 3. The first-order valence-electron chi connectivity index (χ1n) is 13.1. The van der Waals surface area contributed by atoms with Gasteiger partial charge in [-0.15, -0.1) is 0 Å². The zero-order valence-corrected chi connectivity index (χ0v) is 24.9. The van der Waals surface area contributed by atoms with Gasteiger partial charge in [-0.2, -0.15) is 13.2 Å². The number of halogens is 4. The molecule has 6 rings (SSSR count). The summed E-state index contributed by atoms with van der Waals surface area (Å²) in [6, 6.07) is 15.6. The molecule has 1 aromatic heterocycles. The van der Waals surface area contributed by atoms with Gasteiger partial charge in [-0.05, 0) is 48.0 Å². The van der Waals surface area contributed by atoms with E-state index in [1.165, 1.54) is 30.3 Å². The van der Waals surface area contributed by atoms with Crippen molar-refractivity contribution in [1.29, 1.82) is 0 Å². The molecule has 45 heavy (non-hydrogen) atoms. The van der Waals surface area contributed by atoms with Crippen LogP contribution in [0.2, 0.25) is 5.02 Å². The van der Waals surface area contributed by atoms with Crippen LogP contribution in [0, 0.1) is 16.0 Å². The maximum absolute atomic E-state index is 13.9. The van der Waals surface area contributed by atoms with Gasteiger partial charge in [0.2, 0.25) is 17.7 Å². The van der Waals surface area contributed by atoms with Gasteiger partial charge in [-0.1, -0.05) is 52.9 Å². The van der Waals surface area contributed by atoms with Gasteiger partial charge in [0.25, 0.3) is 5.69 Å². The lowest BCUT2D eigenvalue weighted by Gasteiger charge is -2.30. The summed E-state index contributed by atoms with van der Waals surface area (Å²) in [5.74, 6) is -3.69. The number of benzene rings is 3. The SMILES string of the molecule is O=C(Cn1c2c(sc1=O)[C@@H](c1ccc(Cl)cc1)[C@@H]1C(=O)N(c3ccc([N+](=O)[O-])cc3)C(=O)[C@@H]1S2)Nc1cccc(C(F)(F)F)c1. The van der Waals surface area contributed by atoms with Crippen molar-refractivity contribution in [3.8, 4) is 0 Å². The number of anilines is 2. The second-order valence-electron chi connectivity index (χ2n) is 10.1. The molecule has 0 bridgehead atoms. The molecule has 1 saturated heterocycles. The predicted octanol–water partition coefficient (Wildman–Crippen LogP) is 5.92. The molecule has 230 valence electrons. The van der Waals surface area contributed by atoms with E-state index in [4.69, 9.17) is 11.6 Å². The maximum atomic E-state index is 13.9. The summed E-state index contributed by atoms with van der Waals surface area (Å²) in [6.45, 7) is -0.563. The smallest absolute Gasteiger partial charge is 0.325 e. The van der Waals surface area contributed by atoms with E-state index in [9.17, 15) is 42.5 Å². The van der Waals surface area contributed by atoms with Gasteiger partial charge < -0.3 is 5.32 Å². The second-order valence-corrected chi connectivity index (χ2v) is 12.7. The Hall–Kier alpha value is -4.47. The highest BCUT2D eigenvalue weighted by molar-refractivity contribution is 8.00. The quantitative estimate of drug-likeness (QED) is 0.152. The molecule has 3 heterocycles. The number of hydrogen-bond acceptors (Lipinski definition) is 8. The minimum Gasteiger partial charge on any atom is -0.325 e. The molecule has 10 nitrogen and oxygen atoms in total. The number of nitro groups is 1. The number of hydrogen-bond donors (Lipinski definition) is 1. The van der Waals surface area contributed by atoms with Crippen molar-refractivity contribution < 1.29 is 32.5 Å². The summed E-state index contributed by atoms with van der Waals surface area (Å²) < 4.78 is 40.6. The number of amides is 3. The largest absolute Gasteiger partial charge is 0.416 e. The highest BCUT2D eigenvalue weighted by atomic mass is 35.5. The fraction of sp³-hybridized carbons (Fsp3) is 0.172. The average molecular weight is 675 g/mol. The summed E-state index contributed by atoms with van der Waals surface area (Å²) in [5.41, 5.74) is -0.571. The summed E-state index contributed by atoms with van der Waals surface area (Å²) in [7, 11) is 0. The second kappa shape index (κ2) is 11.5. The maximum Gasteiger partial charge on any atom is 0.416 e. The van der Waals surface area contributed by atoms with Gasteiger partial charge in [-0.3, -0.25) is 33.9 Å². The van der Waals surface area contributed by atoms with Crippen LogP contribution >= 0.6 is 34.7 Å². The minimum absolute atomic E-state index is 0.117. The third-order valence-electron chi connectivity index (χ3n) is 7.37. The minimum atomic E-state index is -4.62. The molecule has 1 N–H and O–H groups in total. The predicted molar refractivity (Wildman–Crippen MR) is 161 cm³/mol. The monoisotopic (exact) mass is 674 g/mol. The number of alkyl halides is 3. The Labute approximate surface area is 264 Å². The first kappa shape index (κ1) is 30.6. The first-order chi connectivity index (χ1) is 21.3. The summed E-state index contributed by atoms with van der Waals surface area (Å²) in [6.07, 6.45) is -4.62. The van der Waals surface area contributed by atoms with Crippen molar-refractivity contribution in [2.24, 2.45) is 5.92 Å². The van der Waals surface area contributed by atoms with E-state index in [0.717, 1.165) is 50.8 Å². The van der Waals surface area contributed by atoms with E-state index in [-0.39, 0.29) is 22.1 Å². The number of carbonyl (C=O) groups excluding carboxylic acids is 3. The molecule has 3 aromatic carbocycles. The number of nitrogens with zero attached hydrogens (tertiary/aromatic N) is 3. The van der Waals surface area contributed by atoms with E-state index >= 15 is 0 Å². The van der Waals surface area contributed by atoms with Crippen molar-refractivity contribution in [1.82, 2.24) is 4.57 Å². The molecule has 0 radical (unpaired) electrons. The van der Waals surface area contributed by atoms with E-state index in [1.54, 1.807) is 24.3 Å².